The summed E-state index contributed by atoms with van der Waals surface area (Å²) in [5, 5.41) is 2.71. The van der Waals surface area contributed by atoms with E-state index in [0.29, 0.717) is 18.8 Å². The molecular formula is C16H20N4O. The molecule has 0 fully saturated rings. The molecule has 0 radical (unpaired) electrons. The predicted octanol–water partition coefficient (Wildman–Crippen LogP) is 2.51. The summed E-state index contributed by atoms with van der Waals surface area (Å²) in [6.45, 7) is 3.74. The van der Waals surface area contributed by atoms with Crippen LogP contribution in [0.15, 0.2) is 36.4 Å². The molecule has 2 aromatic rings. The zero-order chi connectivity index (χ0) is 15.2. The molecule has 0 bridgehead atoms. The highest BCUT2D eigenvalue weighted by Gasteiger charge is 2.10. The van der Waals surface area contributed by atoms with E-state index < -0.39 is 0 Å². The molecule has 1 amide bonds. The fourth-order valence-electron chi connectivity index (χ4n) is 2.12. The fraction of sp³-hybridized carbons (Fsp3) is 0.312. The van der Waals surface area contributed by atoms with Crippen LogP contribution in [-0.4, -0.2) is 15.9 Å². The quantitative estimate of drug-likeness (QED) is 0.884. The van der Waals surface area contributed by atoms with E-state index in [1.54, 1.807) is 0 Å². The smallest absolute Gasteiger partial charge is 0.229 e. The first kappa shape index (κ1) is 15.1. The second-order valence-electron chi connectivity index (χ2n) is 5.08. The minimum atomic E-state index is -0.142. The topological polar surface area (TPSA) is 80.9 Å². The van der Waals surface area contributed by atoms with Crippen molar-refractivity contribution in [2.75, 3.05) is 5.32 Å². The van der Waals surface area contributed by atoms with Gasteiger partial charge in [-0.15, -0.1) is 0 Å². The fourth-order valence-corrected chi connectivity index (χ4v) is 2.12. The first-order valence-electron chi connectivity index (χ1n) is 6.97. The Balaban J connectivity index is 1.87. The molecule has 2 rings (SSSR count). The average Bonchev–Trinajstić information content (AvgIpc) is 2.44. The van der Waals surface area contributed by atoms with Crippen molar-refractivity contribution in [3.63, 3.8) is 0 Å². The summed E-state index contributed by atoms with van der Waals surface area (Å²) in [4.78, 5) is 20.3. The number of carbonyl (C=O) groups excluding carboxylic acids is 1. The van der Waals surface area contributed by atoms with Crippen LogP contribution in [0.2, 0.25) is 0 Å². The molecule has 0 saturated carbocycles. The number of aromatic nitrogens is 2. The van der Waals surface area contributed by atoms with Gasteiger partial charge in [0.1, 0.15) is 0 Å². The first-order chi connectivity index (χ1) is 10.0. The normalized spacial score (nSPS) is 12.0. The number of hydrogen-bond donors (Lipinski definition) is 2. The number of rotatable bonds is 5. The van der Waals surface area contributed by atoms with Crippen LogP contribution in [0.25, 0.3) is 0 Å². The molecule has 0 aliphatic heterocycles. The number of carbonyl (C=O) groups is 1. The van der Waals surface area contributed by atoms with Crippen LogP contribution in [0.1, 0.15) is 35.8 Å². The predicted molar refractivity (Wildman–Crippen MR) is 82.7 cm³/mol. The molecule has 110 valence electrons. The standard InChI is InChI=1S/C16H20N4O/c1-11-10-12(2)19-16(18-11)20-15(21)9-8-14(17)13-6-4-3-5-7-13/h3-7,10,14H,8-9,17H2,1-2H3,(H,18,19,20,21). The summed E-state index contributed by atoms with van der Waals surface area (Å²) in [5.41, 5.74) is 8.77. The van der Waals surface area contributed by atoms with Crippen molar-refractivity contribution >= 4 is 11.9 Å². The summed E-state index contributed by atoms with van der Waals surface area (Å²) in [6.07, 6.45) is 0.924. The molecule has 21 heavy (non-hydrogen) atoms. The minimum Gasteiger partial charge on any atom is -0.324 e. The first-order valence-corrected chi connectivity index (χ1v) is 6.97. The van der Waals surface area contributed by atoms with Gasteiger partial charge in [-0.05, 0) is 31.9 Å². The van der Waals surface area contributed by atoms with Gasteiger partial charge in [0.15, 0.2) is 0 Å². The number of anilines is 1. The van der Waals surface area contributed by atoms with E-state index in [0.717, 1.165) is 17.0 Å². The Morgan fingerprint density at radius 1 is 1.19 bits per heavy atom. The van der Waals surface area contributed by atoms with Gasteiger partial charge in [0.2, 0.25) is 11.9 Å². The molecule has 5 heteroatoms. The minimum absolute atomic E-state index is 0.119. The molecule has 1 heterocycles. The molecule has 5 nitrogen and oxygen atoms in total. The van der Waals surface area contributed by atoms with Crippen LogP contribution < -0.4 is 11.1 Å². The summed E-state index contributed by atoms with van der Waals surface area (Å²) < 4.78 is 0. The number of benzene rings is 1. The van der Waals surface area contributed by atoms with Gasteiger partial charge in [-0.25, -0.2) is 9.97 Å². The Hall–Kier alpha value is -2.27. The lowest BCUT2D eigenvalue weighted by Crippen LogP contribution is -2.18. The van der Waals surface area contributed by atoms with Gasteiger partial charge in [-0.1, -0.05) is 30.3 Å². The second kappa shape index (κ2) is 6.95. The van der Waals surface area contributed by atoms with Crippen LogP contribution in [0, 0.1) is 13.8 Å². The Morgan fingerprint density at radius 2 is 1.81 bits per heavy atom. The monoisotopic (exact) mass is 284 g/mol. The lowest BCUT2D eigenvalue weighted by Gasteiger charge is -2.11. The highest BCUT2D eigenvalue weighted by molar-refractivity contribution is 5.88. The SMILES string of the molecule is Cc1cc(C)nc(NC(=O)CCC(N)c2ccccc2)n1. The van der Waals surface area contributed by atoms with Crippen molar-refractivity contribution in [1.29, 1.82) is 0 Å². The molecule has 1 atom stereocenters. The van der Waals surface area contributed by atoms with Crippen LogP contribution >= 0.6 is 0 Å². The lowest BCUT2D eigenvalue weighted by molar-refractivity contribution is -0.116. The van der Waals surface area contributed by atoms with Crippen molar-refractivity contribution in [1.82, 2.24) is 9.97 Å². The van der Waals surface area contributed by atoms with E-state index in [-0.39, 0.29) is 11.9 Å². The maximum absolute atomic E-state index is 11.9. The van der Waals surface area contributed by atoms with Crippen LogP contribution in [-0.2, 0) is 4.79 Å². The van der Waals surface area contributed by atoms with Crippen LogP contribution in [0.4, 0.5) is 5.95 Å². The summed E-state index contributed by atoms with van der Waals surface area (Å²) in [5.74, 6) is 0.233. The van der Waals surface area contributed by atoms with E-state index in [2.05, 4.69) is 15.3 Å². The Morgan fingerprint density at radius 3 is 2.43 bits per heavy atom. The van der Waals surface area contributed by atoms with E-state index in [1.807, 2.05) is 50.2 Å². The van der Waals surface area contributed by atoms with E-state index in [1.165, 1.54) is 0 Å². The van der Waals surface area contributed by atoms with Crippen molar-refractivity contribution in [3.8, 4) is 0 Å². The molecule has 0 spiro atoms. The van der Waals surface area contributed by atoms with E-state index in [4.69, 9.17) is 5.73 Å². The van der Waals surface area contributed by atoms with Crippen molar-refractivity contribution in [2.24, 2.45) is 5.73 Å². The van der Waals surface area contributed by atoms with Gasteiger partial charge in [0.05, 0.1) is 0 Å². The Kier molecular flexibility index (Phi) is 5.00. The Bertz CT molecular complexity index is 593. The zero-order valence-electron chi connectivity index (χ0n) is 12.3. The van der Waals surface area contributed by atoms with Gasteiger partial charge >= 0.3 is 0 Å². The van der Waals surface area contributed by atoms with Gasteiger partial charge in [-0.2, -0.15) is 0 Å². The third kappa shape index (κ3) is 4.65. The zero-order valence-corrected chi connectivity index (χ0v) is 12.3. The van der Waals surface area contributed by atoms with E-state index >= 15 is 0 Å². The number of nitrogens with zero attached hydrogens (tertiary/aromatic N) is 2. The third-order valence-corrected chi connectivity index (χ3v) is 3.14. The maximum atomic E-state index is 11.9. The van der Waals surface area contributed by atoms with Gasteiger partial charge in [0.25, 0.3) is 0 Å². The Labute approximate surface area is 124 Å². The number of hydrogen-bond acceptors (Lipinski definition) is 4. The van der Waals surface area contributed by atoms with Crippen LogP contribution in [0.5, 0.6) is 0 Å². The molecule has 1 aromatic heterocycles. The highest BCUT2D eigenvalue weighted by Crippen LogP contribution is 2.15. The van der Waals surface area contributed by atoms with Gasteiger partial charge in [-0.3, -0.25) is 10.1 Å². The maximum Gasteiger partial charge on any atom is 0.229 e. The number of amides is 1. The molecule has 1 aromatic carbocycles. The largest absolute Gasteiger partial charge is 0.324 e. The van der Waals surface area contributed by atoms with E-state index in [9.17, 15) is 4.79 Å². The molecule has 0 aliphatic rings. The lowest BCUT2D eigenvalue weighted by atomic mass is 10.0. The van der Waals surface area contributed by atoms with Gasteiger partial charge in [0, 0.05) is 23.9 Å². The molecule has 0 saturated heterocycles. The molecule has 1 unspecified atom stereocenters. The van der Waals surface area contributed by atoms with Crippen LogP contribution in [0.3, 0.4) is 0 Å². The van der Waals surface area contributed by atoms with Crippen molar-refractivity contribution in [3.05, 3.63) is 53.3 Å². The molecular weight excluding hydrogens is 264 g/mol. The summed E-state index contributed by atoms with van der Waals surface area (Å²) >= 11 is 0. The number of nitrogens with two attached hydrogens (primary N) is 1. The highest BCUT2D eigenvalue weighted by atomic mass is 16.1. The third-order valence-electron chi connectivity index (χ3n) is 3.14. The molecule has 3 N–H and O–H groups in total. The van der Waals surface area contributed by atoms with Crippen molar-refractivity contribution in [2.45, 2.75) is 32.7 Å². The van der Waals surface area contributed by atoms with Crippen molar-refractivity contribution < 1.29 is 4.79 Å². The van der Waals surface area contributed by atoms with Gasteiger partial charge < -0.3 is 5.73 Å². The number of aryl methyl sites for hydroxylation is 2. The number of nitrogens with one attached hydrogen (secondary N) is 1. The molecule has 0 aliphatic carbocycles. The summed E-state index contributed by atoms with van der Waals surface area (Å²) in [6, 6.07) is 11.5. The average molecular weight is 284 g/mol. The summed E-state index contributed by atoms with van der Waals surface area (Å²) in [7, 11) is 0. The second-order valence-corrected chi connectivity index (χ2v) is 5.08.